The van der Waals surface area contributed by atoms with Gasteiger partial charge in [-0.15, -0.1) is 10.2 Å². The molecule has 0 N–H and O–H groups in total. The SMILES string of the molecule is CCCn1c(CC)nnc1SCc1c(Cl)cccc1Cl. The van der Waals surface area contributed by atoms with Gasteiger partial charge in [0.2, 0.25) is 0 Å². The number of nitrogens with zero attached hydrogens (tertiary/aromatic N) is 3. The Balaban J connectivity index is 2.17. The van der Waals surface area contributed by atoms with Crippen LogP contribution in [0.3, 0.4) is 0 Å². The van der Waals surface area contributed by atoms with Crippen LogP contribution in [0.15, 0.2) is 23.4 Å². The normalized spacial score (nSPS) is 11.0. The molecule has 1 heterocycles. The quantitative estimate of drug-likeness (QED) is 0.710. The van der Waals surface area contributed by atoms with E-state index in [1.807, 2.05) is 18.2 Å². The van der Waals surface area contributed by atoms with Gasteiger partial charge in [-0.2, -0.15) is 0 Å². The van der Waals surface area contributed by atoms with Crippen molar-refractivity contribution in [2.24, 2.45) is 0 Å². The molecule has 0 aliphatic heterocycles. The number of benzene rings is 1. The molecule has 0 spiro atoms. The lowest BCUT2D eigenvalue weighted by atomic mass is 10.2. The second-order valence-corrected chi connectivity index (χ2v) is 6.15. The summed E-state index contributed by atoms with van der Waals surface area (Å²) in [7, 11) is 0. The number of hydrogen-bond acceptors (Lipinski definition) is 3. The van der Waals surface area contributed by atoms with E-state index in [-0.39, 0.29) is 0 Å². The van der Waals surface area contributed by atoms with Crippen LogP contribution >= 0.6 is 35.0 Å². The summed E-state index contributed by atoms with van der Waals surface area (Å²) in [5.74, 6) is 1.73. The van der Waals surface area contributed by atoms with Gasteiger partial charge in [-0.3, -0.25) is 0 Å². The zero-order valence-electron chi connectivity index (χ0n) is 11.6. The Morgan fingerprint density at radius 2 is 1.85 bits per heavy atom. The molecule has 108 valence electrons. The first-order valence-electron chi connectivity index (χ1n) is 6.65. The number of halogens is 2. The molecule has 6 heteroatoms. The van der Waals surface area contributed by atoms with E-state index >= 15 is 0 Å². The van der Waals surface area contributed by atoms with E-state index in [4.69, 9.17) is 23.2 Å². The summed E-state index contributed by atoms with van der Waals surface area (Å²) in [5.41, 5.74) is 0.949. The van der Waals surface area contributed by atoms with Crippen molar-refractivity contribution in [1.82, 2.24) is 14.8 Å². The summed E-state index contributed by atoms with van der Waals surface area (Å²) in [6.45, 7) is 5.18. The molecule has 1 aromatic carbocycles. The summed E-state index contributed by atoms with van der Waals surface area (Å²) in [4.78, 5) is 0. The maximum absolute atomic E-state index is 6.19. The van der Waals surface area contributed by atoms with Crippen molar-refractivity contribution in [1.29, 1.82) is 0 Å². The second kappa shape index (κ2) is 7.34. The molecule has 0 aliphatic carbocycles. The monoisotopic (exact) mass is 329 g/mol. The second-order valence-electron chi connectivity index (χ2n) is 4.39. The van der Waals surface area contributed by atoms with Gasteiger partial charge in [-0.05, 0) is 24.1 Å². The first-order valence-corrected chi connectivity index (χ1v) is 8.39. The van der Waals surface area contributed by atoms with E-state index in [1.54, 1.807) is 11.8 Å². The summed E-state index contributed by atoms with van der Waals surface area (Å²) in [5, 5.41) is 10.8. The third-order valence-corrected chi connectivity index (χ3v) is 4.67. The van der Waals surface area contributed by atoms with Gasteiger partial charge in [0, 0.05) is 28.8 Å². The largest absolute Gasteiger partial charge is 0.306 e. The van der Waals surface area contributed by atoms with Gasteiger partial charge in [0.15, 0.2) is 5.16 Å². The van der Waals surface area contributed by atoms with Crippen LogP contribution in [0.5, 0.6) is 0 Å². The molecule has 0 saturated carbocycles. The fourth-order valence-electron chi connectivity index (χ4n) is 1.94. The van der Waals surface area contributed by atoms with Gasteiger partial charge in [-0.25, -0.2) is 0 Å². The highest BCUT2D eigenvalue weighted by molar-refractivity contribution is 7.98. The molecule has 0 radical (unpaired) electrons. The number of thioether (sulfide) groups is 1. The van der Waals surface area contributed by atoms with Gasteiger partial charge in [0.25, 0.3) is 0 Å². The molecule has 0 bridgehead atoms. The highest BCUT2D eigenvalue weighted by atomic mass is 35.5. The zero-order valence-corrected chi connectivity index (χ0v) is 13.9. The van der Waals surface area contributed by atoms with Crippen molar-refractivity contribution in [2.45, 2.75) is 44.1 Å². The number of rotatable bonds is 6. The van der Waals surface area contributed by atoms with E-state index in [1.165, 1.54) is 0 Å². The van der Waals surface area contributed by atoms with Crippen molar-refractivity contribution in [3.05, 3.63) is 39.6 Å². The molecule has 1 aromatic heterocycles. The van der Waals surface area contributed by atoms with E-state index in [0.717, 1.165) is 35.9 Å². The fraction of sp³-hybridized carbons (Fsp3) is 0.429. The summed E-state index contributed by atoms with van der Waals surface area (Å²) in [6, 6.07) is 5.57. The summed E-state index contributed by atoms with van der Waals surface area (Å²) in [6.07, 6.45) is 1.95. The lowest BCUT2D eigenvalue weighted by Gasteiger charge is -2.09. The maximum atomic E-state index is 6.19. The zero-order chi connectivity index (χ0) is 14.5. The van der Waals surface area contributed by atoms with Gasteiger partial charge in [0.05, 0.1) is 0 Å². The van der Waals surface area contributed by atoms with E-state index < -0.39 is 0 Å². The third-order valence-electron chi connectivity index (χ3n) is 2.96. The summed E-state index contributed by atoms with van der Waals surface area (Å²) >= 11 is 14.0. The van der Waals surface area contributed by atoms with E-state index in [2.05, 4.69) is 28.6 Å². The minimum Gasteiger partial charge on any atom is -0.306 e. The van der Waals surface area contributed by atoms with Crippen molar-refractivity contribution in [2.75, 3.05) is 0 Å². The Morgan fingerprint density at radius 3 is 2.45 bits per heavy atom. The van der Waals surface area contributed by atoms with Crippen LogP contribution in [-0.4, -0.2) is 14.8 Å². The smallest absolute Gasteiger partial charge is 0.191 e. The van der Waals surface area contributed by atoms with Gasteiger partial charge in [-0.1, -0.05) is 54.9 Å². The lowest BCUT2D eigenvalue weighted by Crippen LogP contribution is -2.04. The first-order chi connectivity index (χ1) is 9.67. The highest BCUT2D eigenvalue weighted by Crippen LogP contribution is 2.31. The van der Waals surface area contributed by atoms with E-state index in [9.17, 15) is 0 Å². The first kappa shape index (κ1) is 15.7. The Kier molecular flexibility index (Phi) is 5.75. The number of hydrogen-bond donors (Lipinski definition) is 0. The Morgan fingerprint density at radius 1 is 1.15 bits per heavy atom. The van der Waals surface area contributed by atoms with Crippen LogP contribution in [-0.2, 0) is 18.7 Å². The van der Waals surface area contributed by atoms with Gasteiger partial charge >= 0.3 is 0 Å². The Bertz CT molecular complexity index is 564. The van der Waals surface area contributed by atoms with Crippen molar-refractivity contribution >= 4 is 35.0 Å². The number of aryl methyl sites for hydroxylation is 1. The molecule has 0 saturated heterocycles. The molecular formula is C14H17Cl2N3S. The fourth-order valence-corrected chi connectivity index (χ4v) is 3.67. The summed E-state index contributed by atoms with van der Waals surface area (Å²) < 4.78 is 2.18. The molecule has 0 fully saturated rings. The molecule has 0 atom stereocenters. The predicted molar refractivity (Wildman–Crippen MR) is 85.7 cm³/mol. The molecular weight excluding hydrogens is 313 g/mol. The van der Waals surface area contributed by atoms with Crippen LogP contribution in [0.4, 0.5) is 0 Å². The average molecular weight is 330 g/mol. The Hall–Kier alpha value is -0.710. The molecule has 0 aliphatic rings. The van der Waals surface area contributed by atoms with Crippen molar-refractivity contribution < 1.29 is 0 Å². The molecule has 3 nitrogen and oxygen atoms in total. The standard InChI is InChI=1S/C14H17Cl2N3S/c1-3-8-19-13(4-2)17-18-14(19)20-9-10-11(15)6-5-7-12(10)16/h5-7H,3-4,8-9H2,1-2H3. The third kappa shape index (κ3) is 3.48. The van der Waals surface area contributed by atoms with Crippen LogP contribution in [0, 0.1) is 0 Å². The molecule has 20 heavy (non-hydrogen) atoms. The van der Waals surface area contributed by atoms with E-state index in [0.29, 0.717) is 15.8 Å². The van der Waals surface area contributed by atoms with Crippen LogP contribution in [0.2, 0.25) is 10.0 Å². The average Bonchev–Trinajstić information content (AvgIpc) is 2.81. The minimum atomic E-state index is 0.697. The molecule has 2 aromatic rings. The highest BCUT2D eigenvalue weighted by Gasteiger charge is 2.12. The van der Waals surface area contributed by atoms with Gasteiger partial charge in [0.1, 0.15) is 5.82 Å². The van der Waals surface area contributed by atoms with Gasteiger partial charge < -0.3 is 4.57 Å². The predicted octanol–water partition coefficient (Wildman–Crippen LogP) is 4.85. The minimum absolute atomic E-state index is 0.697. The maximum Gasteiger partial charge on any atom is 0.191 e. The molecule has 2 rings (SSSR count). The lowest BCUT2D eigenvalue weighted by molar-refractivity contribution is 0.595. The van der Waals surface area contributed by atoms with Crippen LogP contribution in [0.25, 0.3) is 0 Å². The topological polar surface area (TPSA) is 30.7 Å². The molecule has 0 amide bonds. The van der Waals surface area contributed by atoms with Crippen molar-refractivity contribution in [3.8, 4) is 0 Å². The number of aromatic nitrogens is 3. The van der Waals surface area contributed by atoms with Crippen LogP contribution in [0.1, 0.15) is 31.7 Å². The van der Waals surface area contributed by atoms with Crippen LogP contribution < -0.4 is 0 Å². The van der Waals surface area contributed by atoms with Crippen molar-refractivity contribution in [3.63, 3.8) is 0 Å². The Labute approximate surface area is 133 Å². The molecule has 0 unspecified atom stereocenters.